The minimum absolute atomic E-state index is 0.0226. The monoisotopic (exact) mass is 342 g/mol. The lowest BCUT2D eigenvalue weighted by Gasteiger charge is -2.34. The van der Waals surface area contributed by atoms with Gasteiger partial charge in [0.15, 0.2) is 0 Å². The predicted octanol–water partition coefficient (Wildman–Crippen LogP) is 6.49. The molecule has 0 spiro atoms. The van der Waals surface area contributed by atoms with Gasteiger partial charge in [-0.05, 0) is 86.2 Å². The first kappa shape index (κ1) is 19.0. The Morgan fingerprint density at radius 1 is 0.840 bits per heavy atom. The van der Waals surface area contributed by atoms with Gasteiger partial charge in [-0.25, -0.2) is 0 Å². The molecule has 1 aromatic rings. The van der Waals surface area contributed by atoms with Crippen LogP contribution in [0.5, 0.6) is 0 Å². The molecular formula is C24H38O. The number of aliphatic hydroxyl groups is 1. The Labute approximate surface area is 155 Å². The topological polar surface area (TPSA) is 20.2 Å². The summed E-state index contributed by atoms with van der Waals surface area (Å²) in [6, 6.07) is 9.38. The maximum Gasteiger partial charge on any atom is 0.0570 e. The van der Waals surface area contributed by atoms with Gasteiger partial charge in [0.2, 0.25) is 0 Å². The molecular weight excluding hydrogens is 304 g/mol. The van der Waals surface area contributed by atoms with Crippen molar-refractivity contribution in [1.82, 2.24) is 0 Å². The molecule has 3 rings (SSSR count). The van der Waals surface area contributed by atoms with Gasteiger partial charge < -0.3 is 5.11 Å². The number of aliphatic hydroxyl groups excluding tert-OH is 1. The fourth-order valence-electron chi connectivity index (χ4n) is 5.31. The molecule has 25 heavy (non-hydrogen) atoms. The first-order chi connectivity index (χ1) is 12.2. The molecule has 0 aliphatic heterocycles. The summed E-state index contributed by atoms with van der Waals surface area (Å²) in [7, 11) is 0. The molecule has 0 bridgehead atoms. The summed E-state index contributed by atoms with van der Waals surface area (Å²) >= 11 is 0. The smallest absolute Gasteiger partial charge is 0.0570 e. The molecule has 0 radical (unpaired) electrons. The molecule has 3 unspecified atom stereocenters. The minimum Gasteiger partial charge on any atom is -0.393 e. The summed E-state index contributed by atoms with van der Waals surface area (Å²) in [4.78, 5) is 0. The zero-order valence-electron chi connectivity index (χ0n) is 16.4. The Bertz CT molecular complexity index is 497. The summed E-state index contributed by atoms with van der Waals surface area (Å²) < 4.78 is 0. The molecule has 0 amide bonds. The number of rotatable bonds is 6. The van der Waals surface area contributed by atoms with Gasteiger partial charge in [0.05, 0.1) is 6.10 Å². The van der Waals surface area contributed by atoms with Crippen LogP contribution in [-0.2, 0) is 6.42 Å². The highest BCUT2D eigenvalue weighted by molar-refractivity contribution is 5.25. The van der Waals surface area contributed by atoms with Gasteiger partial charge in [-0.15, -0.1) is 0 Å². The number of hydrogen-bond acceptors (Lipinski definition) is 1. The van der Waals surface area contributed by atoms with E-state index in [4.69, 9.17) is 0 Å². The van der Waals surface area contributed by atoms with E-state index in [0.717, 1.165) is 37.0 Å². The minimum atomic E-state index is -0.0226. The lowest BCUT2D eigenvalue weighted by molar-refractivity contribution is 0.0388. The predicted molar refractivity (Wildman–Crippen MR) is 107 cm³/mol. The van der Waals surface area contributed by atoms with Crippen LogP contribution in [0.3, 0.4) is 0 Å². The molecule has 1 aromatic carbocycles. The third-order valence-corrected chi connectivity index (χ3v) is 7.28. The van der Waals surface area contributed by atoms with E-state index in [-0.39, 0.29) is 6.10 Å². The van der Waals surface area contributed by atoms with Gasteiger partial charge in [0, 0.05) is 0 Å². The summed E-state index contributed by atoms with van der Waals surface area (Å²) in [5, 5.41) is 10.3. The van der Waals surface area contributed by atoms with Gasteiger partial charge in [-0.1, -0.05) is 57.4 Å². The van der Waals surface area contributed by atoms with Crippen LogP contribution < -0.4 is 0 Å². The molecule has 2 fully saturated rings. The lowest BCUT2D eigenvalue weighted by atomic mass is 9.73. The maximum atomic E-state index is 10.3. The van der Waals surface area contributed by atoms with Crippen molar-refractivity contribution in [2.45, 2.75) is 96.5 Å². The number of hydrogen-bond donors (Lipinski definition) is 1. The Kier molecular flexibility index (Phi) is 6.99. The Balaban J connectivity index is 1.39. The highest BCUT2D eigenvalue weighted by Gasteiger charge is 2.29. The molecule has 1 heteroatoms. The van der Waals surface area contributed by atoms with Crippen LogP contribution in [0, 0.1) is 17.8 Å². The van der Waals surface area contributed by atoms with Crippen molar-refractivity contribution in [1.29, 1.82) is 0 Å². The van der Waals surface area contributed by atoms with Gasteiger partial charge in [0.1, 0.15) is 0 Å². The fourth-order valence-corrected chi connectivity index (χ4v) is 5.31. The van der Waals surface area contributed by atoms with Crippen molar-refractivity contribution < 1.29 is 5.11 Å². The molecule has 0 aromatic heterocycles. The van der Waals surface area contributed by atoms with Crippen molar-refractivity contribution in [2.75, 3.05) is 0 Å². The molecule has 0 saturated heterocycles. The molecule has 140 valence electrons. The zero-order chi connectivity index (χ0) is 17.6. The number of aryl methyl sites for hydroxylation is 1. The Morgan fingerprint density at radius 3 is 2.08 bits per heavy atom. The van der Waals surface area contributed by atoms with Crippen molar-refractivity contribution in [3.63, 3.8) is 0 Å². The molecule has 2 aliphatic carbocycles. The van der Waals surface area contributed by atoms with Crippen molar-refractivity contribution >= 4 is 0 Å². The van der Waals surface area contributed by atoms with Crippen LogP contribution >= 0.6 is 0 Å². The quantitative estimate of drug-likeness (QED) is 0.626. The van der Waals surface area contributed by atoms with Crippen LogP contribution in [0.4, 0.5) is 0 Å². The van der Waals surface area contributed by atoms with E-state index >= 15 is 0 Å². The van der Waals surface area contributed by atoms with Crippen molar-refractivity contribution in [2.24, 2.45) is 17.8 Å². The van der Waals surface area contributed by atoms with Gasteiger partial charge >= 0.3 is 0 Å². The summed E-state index contributed by atoms with van der Waals surface area (Å²) in [5.41, 5.74) is 3.02. The third kappa shape index (κ3) is 5.09. The second-order valence-electron chi connectivity index (χ2n) is 8.80. The normalized spacial score (nSPS) is 33.3. The average Bonchev–Trinajstić information content (AvgIpc) is 2.67. The number of benzene rings is 1. The molecule has 1 nitrogen and oxygen atoms in total. The second-order valence-corrected chi connectivity index (χ2v) is 8.80. The van der Waals surface area contributed by atoms with Gasteiger partial charge in [0.25, 0.3) is 0 Å². The van der Waals surface area contributed by atoms with Gasteiger partial charge in [-0.2, -0.15) is 0 Å². The molecule has 3 atom stereocenters. The van der Waals surface area contributed by atoms with Crippen LogP contribution in [0.15, 0.2) is 24.3 Å². The van der Waals surface area contributed by atoms with Crippen molar-refractivity contribution in [3.05, 3.63) is 35.4 Å². The fraction of sp³-hybridized carbons (Fsp3) is 0.750. The Hall–Kier alpha value is -0.820. The van der Waals surface area contributed by atoms with E-state index in [1.54, 1.807) is 5.56 Å². The van der Waals surface area contributed by atoms with Crippen molar-refractivity contribution in [3.8, 4) is 0 Å². The van der Waals surface area contributed by atoms with Crippen LogP contribution in [-0.4, -0.2) is 11.2 Å². The zero-order valence-corrected chi connectivity index (χ0v) is 16.4. The van der Waals surface area contributed by atoms with Crippen LogP contribution in [0.2, 0.25) is 0 Å². The lowest BCUT2D eigenvalue weighted by Crippen LogP contribution is -2.29. The first-order valence-electron chi connectivity index (χ1n) is 11.0. The SMILES string of the molecule is CCc1ccc(C2CCC(CCC3CCC(CC)C(O)C3)CC2)cc1. The van der Waals surface area contributed by atoms with Crippen LogP contribution in [0.1, 0.15) is 95.1 Å². The molecule has 1 N–H and O–H groups in total. The van der Waals surface area contributed by atoms with E-state index in [2.05, 4.69) is 38.1 Å². The van der Waals surface area contributed by atoms with E-state index in [0.29, 0.717) is 5.92 Å². The van der Waals surface area contributed by atoms with Crippen LogP contribution in [0.25, 0.3) is 0 Å². The summed E-state index contributed by atoms with van der Waals surface area (Å²) in [6.45, 7) is 4.45. The van der Waals surface area contributed by atoms with E-state index in [1.165, 1.54) is 56.9 Å². The standard InChI is InChI=1S/C24H38O/c1-3-18-7-13-22(14-8-18)23-15-9-19(10-16-23)5-6-20-11-12-21(4-2)24(25)17-20/h7-8,13-14,19-21,23-25H,3-6,9-12,15-17H2,1-2H3. The summed E-state index contributed by atoms with van der Waals surface area (Å²) in [5.74, 6) is 3.10. The van der Waals surface area contributed by atoms with Gasteiger partial charge in [-0.3, -0.25) is 0 Å². The van der Waals surface area contributed by atoms with E-state index in [1.807, 2.05) is 0 Å². The highest BCUT2D eigenvalue weighted by atomic mass is 16.3. The summed E-state index contributed by atoms with van der Waals surface area (Å²) in [6.07, 6.45) is 14.3. The Morgan fingerprint density at radius 2 is 1.48 bits per heavy atom. The largest absolute Gasteiger partial charge is 0.393 e. The third-order valence-electron chi connectivity index (χ3n) is 7.28. The van der Waals surface area contributed by atoms with E-state index < -0.39 is 0 Å². The molecule has 2 aliphatic rings. The highest BCUT2D eigenvalue weighted by Crippen LogP contribution is 2.40. The average molecular weight is 343 g/mol. The maximum absolute atomic E-state index is 10.3. The second kappa shape index (κ2) is 9.21. The van der Waals surface area contributed by atoms with E-state index in [9.17, 15) is 5.11 Å². The molecule has 0 heterocycles. The molecule has 2 saturated carbocycles. The first-order valence-corrected chi connectivity index (χ1v) is 11.0.